The van der Waals surface area contributed by atoms with Crippen LogP contribution in [0.15, 0.2) is 71.6 Å². The average molecular weight is 528 g/mol. The van der Waals surface area contributed by atoms with E-state index in [9.17, 15) is 31.5 Å². The lowest BCUT2D eigenvalue weighted by atomic mass is 10.2. The van der Waals surface area contributed by atoms with Gasteiger partial charge >= 0.3 is 11.5 Å². The predicted octanol–water partition coefficient (Wildman–Crippen LogP) is 5.60. The van der Waals surface area contributed by atoms with E-state index in [4.69, 9.17) is 4.74 Å². The Labute approximate surface area is 203 Å². The lowest BCUT2D eigenvalue weighted by Gasteiger charge is -2.12. The molecule has 0 aliphatic rings. The first-order chi connectivity index (χ1) is 16.4. The minimum atomic E-state index is -4.35. The molecule has 186 valence electrons. The molecule has 0 atom stereocenters. The van der Waals surface area contributed by atoms with Crippen molar-refractivity contribution in [3.05, 3.63) is 72.3 Å². The van der Waals surface area contributed by atoms with Crippen LogP contribution < -0.4 is 20.1 Å². The number of sulfonamides is 1. The van der Waals surface area contributed by atoms with Gasteiger partial charge in [0, 0.05) is 16.3 Å². The van der Waals surface area contributed by atoms with Gasteiger partial charge in [0.1, 0.15) is 18.1 Å². The summed E-state index contributed by atoms with van der Waals surface area (Å²) in [5.41, 5.74) is -2.95. The van der Waals surface area contributed by atoms with E-state index >= 15 is 0 Å². The molecule has 0 aliphatic heterocycles. The van der Waals surface area contributed by atoms with Crippen LogP contribution in [0.25, 0.3) is 0 Å². The summed E-state index contributed by atoms with van der Waals surface area (Å²) in [7, 11) is -3.62. The summed E-state index contributed by atoms with van der Waals surface area (Å²) in [5, 5.41) is 14.9. The van der Waals surface area contributed by atoms with Crippen LogP contribution in [-0.4, -0.2) is 31.3 Å². The molecule has 0 fully saturated rings. The van der Waals surface area contributed by atoms with Gasteiger partial charge in [0.15, 0.2) is 0 Å². The largest absolute Gasteiger partial charge is 0.506 e. The number of hydrogen-bond donors (Lipinski definition) is 4. The predicted molar refractivity (Wildman–Crippen MR) is 128 cm³/mol. The Morgan fingerprint density at radius 1 is 0.971 bits per heavy atom. The van der Waals surface area contributed by atoms with E-state index in [1.165, 1.54) is 42.5 Å². The van der Waals surface area contributed by atoms with Gasteiger partial charge in [-0.3, -0.25) is 4.72 Å². The topological polar surface area (TPSA) is 117 Å². The number of halogens is 3. The first kappa shape index (κ1) is 26.0. The van der Waals surface area contributed by atoms with Crippen LogP contribution in [-0.2, 0) is 16.6 Å². The summed E-state index contributed by atoms with van der Waals surface area (Å²) >= 11 is -0.200. The van der Waals surface area contributed by atoms with Gasteiger partial charge < -0.3 is 20.5 Å². The number of aromatic hydroxyl groups is 1. The first-order valence-corrected chi connectivity index (χ1v) is 12.5. The van der Waals surface area contributed by atoms with E-state index < -0.39 is 21.6 Å². The summed E-state index contributed by atoms with van der Waals surface area (Å²) in [6.45, 7) is 0.169. The van der Waals surface area contributed by atoms with Crippen molar-refractivity contribution in [2.24, 2.45) is 0 Å². The van der Waals surface area contributed by atoms with E-state index in [0.29, 0.717) is 11.4 Å². The van der Waals surface area contributed by atoms with Crippen LogP contribution in [0.5, 0.6) is 11.5 Å². The van der Waals surface area contributed by atoms with Crippen molar-refractivity contribution in [1.29, 1.82) is 0 Å². The number of thioether (sulfide) groups is 1. The molecule has 0 saturated heterocycles. The standard InChI is InChI=1S/C22H20F3N3O5S2/c1-35(31,32)28-19-12-16(6-11-20(19)29)27-21(30)26-15-4-2-14(3-5-15)13-33-17-7-9-18(10-8-17)34-22(23,24)25/h2-12,28-29H,13H2,1H3,(H2,26,27,30). The molecule has 13 heteroatoms. The first-order valence-electron chi connectivity index (χ1n) is 9.83. The van der Waals surface area contributed by atoms with Crippen LogP contribution in [0.2, 0.25) is 0 Å². The van der Waals surface area contributed by atoms with Gasteiger partial charge in [0.2, 0.25) is 10.0 Å². The second-order valence-electron chi connectivity index (χ2n) is 7.19. The number of carbonyl (C=O) groups is 1. The maximum absolute atomic E-state index is 12.4. The van der Waals surface area contributed by atoms with Crippen LogP contribution in [0.1, 0.15) is 5.56 Å². The number of ether oxygens (including phenoxy) is 1. The third-order valence-corrected chi connectivity index (χ3v) is 5.55. The Balaban J connectivity index is 1.52. The van der Waals surface area contributed by atoms with E-state index in [0.717, 1.165) is 11.8 Å². The van der Waals surface area contributed by atoms with Gasteiger partial charge in [0.05, 0.1) is 11.9 Å². The number of alkyl halides is 3. The molecule has 0 bridgehead atoms. The number of hydrogen-bond acceptors (Lipinski definition) is 6. The van der Waals surface area contributed by atoms with Crippen molar-refractivity contribution in [3.8, 4) is 11.5 Å². The Morgan fingerprint density at radius 2 is 1.57 bits per heavy atom. The summed E-state index contributed by atoms with van der Waals surface area (Å²) in [6, 6.07) is 15.5. The van der Waals surface area contributed by atoms with Gasteiger partial charge in [-0.1, -0.05) is 12.1 Å². The number of phenolic OH excluding ortho intramolecular Hbond substituents is 1. The maximum atomic E-state index is 12.4. The molecule has 0 saturated carbocycles. The molecule has 0 aromatic heterocycles. The number of benzene rings is 3. The van der Waals surface area contributed by atoms with E-state index in [-0.39, 0.29) is 40.4 Å². The Kier molecular flexibility index (Phi) is 8.02. The van der Waals surface area contributed by atoms with Crippen molar-refractivity contribution < 1.29 is 36.2 Å². The highest BCUT2D eigenvalue weighted by molar-refractivity contribution is 8.00. The maximum Gasteiger partial charge on any atom is 0.446 e. The van der Waals surface area contributed by atoms with Crippen LogP contribution in [0.3, 0.4) is 0 Å². The fraction of sp³-hybridized carbons (Fsp3) is 0.136. The second-order valence-corrected chi connectivity index (χ2v) is 10.1. The highest BCUT2D eigenvalue weighted by Gasteiger charge is 2.29. The van der Waals surface area contributed by atoms with Crippen LogP contribution in [0, 0.1) is 0 Å². The normalized spacial score (nSPS) is 11.5. The molecule has 0 unspecified atom stereocenters. The highest BCUT2D eigenvalue weighted by atomic mass is 32.2. The Morgan fingerprint density at radius 3 is 2.17 bits per heavy atom. The Hall–Kier alpha value is -3.58. The van der Waals surface area contributed by atoms with E-state index in [1.807, 2.05) is 0 Å². The molecule has 35 heavy (non-hydrogen) atoms. The van der Waals surface area contributed by atoms with Crippen LogP contribution >= 0.6 is 11.8 Å². The molecule has 3 aromatic rings. The summed E-state index contributed by atoms with van der Waals surface area (Å²) < 4.78 is 67.6. The van der Waals surface area contributed by atoms with Gasteiger partial charge in [-0.05, 0) is 71.9 Å². The van der Waals surface area contributed by atoms with Gasteiger partial charge in [-0.25, -0.2) is 13.2 Å². The van der Waals surface area contributed by atoms with E-state index in [1.54, 1.807) is 24.3 Å². The smallest absolute Gasteiger partial charge is 0.446 e. The van der Waals surface area contributed by atoms with E-state index in [2.05, 4.69) is 15.4 Å². The fourth-order valence-electron chi connectivity index (χ4n) is 2.78. The molecule has 2 amide bonds. The molecular weight excluding hydrogens is 507 g/mol. The second kappa shape index (κ2) is 10.8. The molecule has 0 aliphatic carbocycles. The third kappa shape index (κ3) is 8.94. The van der Waals surface area contributed by atoms with Crippen molar-refractivity contribution in [2.75, 3.05) is 21.6 Å². The Bertz CT molecular complexity index is 1280. The number of anilines is 3. The highest BCUT2D eigenvalue weighted by Crippen LogP contribution is 2.37. The monoisotopic (exact) mass is 527 g/mol. The van der Waals surface area contributed by atoms with Crippen molar-refractivity contribution >= 4 is 44.9 Å². The zero-order chi connectivity index (χ0) is 25.6. The van der Waals surface area contributed by atoms with Crippen molar-refractivity contribution in [1.82, 2.24) is 0 Å². The number of rotatable bonds is 8. The average Bonchev–Trinajstić information content (AvgIpc) is 2.74. The van der Waals surface area contributed by atoms with Gasteiger partial charge in [-0.15, -0.1) is 0 Å². The summed E-state index contributed by atoms with van der Waals surface area (Å²) in [6.07, 6.45) is 0.932. The molecule has 0 spiro atoms. The summed E-state index contributed by atoms with van der Waals surface area (Å²) in [4.78, 5) is 12.3. The quantitative estimate of drug-likeness (QED) is 0.172. The molecular formula is C22H20F3N3O5S2. The molecule has 4 N–H and O–H groups in total. The van der Waals surface area contributed by atoms with Crippen molar-refractivity contribution in [3.63, 3.8) is 0 Å². The number of carbonyl (C=O) groups excluding carboxylic acids is 1. The van der Waals surface area contributed by atoms with Gasteiger partial charge in [-0.2, -0.15) is 13.2 Å². The lowest BCUT2D eigenvalue weighted by molar-refractivity contribution is -0.0328. The fourth-order valence-corrected chi connectivity index (χ4v) is 3.88. The van der Waals surface area contributed by atoms with Crippen molar-refractivity contribution in [2.45, 2.75) is 17.0 Å². The number of amides is 2. The number of nitrogens with one attached hydrogen (secondary N) is 3. The number of phenols is 1. The zero-order valence-corrected chi connectivity index (χ0v) is 19.7. The third-order valence-electron chi connectivity index (χ3n) is 4.22. The molecule has 3 rings (SSSR count). The SMILES string of the molecule is CS(=O)(=O)Nc1cc(NC(=O)Nc2ccc(COc3ccc(SC(F)(F)F)cc3)cc2)ccc1O. The van der Waals surface area contributed by atoms with Gasteiger partial charge in [0.25, 0.3) is 0 Å². The summed E-state index contributed by atoms with van der Waals surface area (Å²) in [5.74, 6) is 0.118. The molecule has 3 aromatic carbocycles. The molecule has 0 radical (unpaired) electrons. The number of urea groups is 1. The lowest BCUT2D eigenvalue weighted by Crippen LogP contribution is -2.19. The molecule has 8 nitrogen and oxygen atoms in total. The minimum absolute atomic E-state index is 0.0636. The molecule has 0 heterocycles. The zero-order valence-electron chi connectivity index (χ0n) is 18.1. The minimum Gasteiger partial charge on any atom is -0.506 e. The van der Waals surface area contributed by atoms with Crippen LogP contribution in [0.4, 0.5) is 35.0 Å².